The molecule has 0 aliphatic rings. The maximum Gasteiger partial charge on any atom is 0.240 e. The number of hydrogen-bond donors (Lipinski definition) is 1. The Labute approximate surface area is 121 Å². The van der Waals surface area contributed by atoms with E-state index < -0.39 is 24.5 Å². The lowest BCUT2D eigenvalue weighted by Crippen LogP contribution is -2.28. The zero-order valence-corrected chi connectivity index (χ0v) is 12.5. The van der Waals surface area contributed by atoms with Crippen LogP contribution in [-0.2, 0) is 19.1 Å². The van der Waals surface area contributed by atoms with Crippen LogP contribution < -0.4 is 14.5 Å². The van der Waals surface area contributed by atoms with Gasteiger partial charge >= 0.3 is 0 Å². The van der Waals surface area contributed by atoms with Crippen molar-refractivity contribution in [2.45, 2.75) is 4.90 Å². The Balaban J connectivity index is 2.09. The van der Waals surface area contributed by atoms with Crippen molar-refractivity contribution in [3.8, 4) is 0 Å². The normalized spacial score (nSPS) is 12.7. The van der Waals surface area contributed by atoms with E-state index in [9.17, 15) is 22.8 Å². The van der Waals surface area contributed by atoms with Gasteiger partial charge < -0.3 is 18.9 Å². The number of sulfonamides is 1. The van der Waals surface area contributed by atoms with Crippen LogP contribution in [0, 0.1) is 0 Å². The first-order valence-electron chi connectivity index (χ1n) is 5.93. The lowest BCUT2D eigenvalue weighted by atomic mass is 10.1. The Morgan fingerprint density at radius 3 is 2.43 bits per heavy atom. The van der Waals surface area contributed by atoms with E-state index >= 15 is 0 Å². The summed E-state index contributed by atoms with van der Waals surface area (Å²) < 4.78 is 40.4. The molecule has 0 saturated carbocycles. The van der Waals surface area contributed by atoms with Crippen LogP contribution in [0.2, 0.25) is 0 Å². The second-order valence-electron chi connectivity index (χ2n) is 4.19. The van der Waals surface area contributed by atoms with Gasteiger partial charge in [0.25, 0.3) is 0 Å². The molecule has 0 saturated heterocycles. The van der Waals surface area contributed by atoms with E-state index in [0.717, 1.165) is 10.8 Å². The summed E-state index contributed by atoms with van der Waals surface area (Å²) >= 11 is 0. The lowest BCUT2D eigenvalue weighted by molar-refractivity contribution is -0.341. The molecule has 0 bridgehead atoms. The summed E-state index contributed by atoms with van der Waals surface area (Å²) in [6, 6.07) is 11.9. The third-order valence-electron chi connectivity index (χ3n) is 2.67. The summed E-state index contributed by atoms with van der Waals surface area (Å²) in [6.45, 7) is -0.860. The van der Waals surface area contributed by atoms with Gasteiger partial charge in [-0.15, -0.1) is 0 Å². The predicted octanol–water partition coefficient (Wildman–Crippen LogP) is -0.0366. The Hall–Kier alpha value is -1.28. The van der Waals surface area contributed by atoms with Gasteiger partial charge in [0.05, 0.1) is 19.3 Å². The number of rotatable bonds is 6. The van der Waals surface area contributed by atoms with Gasteiger partial charge in [0.2, 0.25) is 10.0 Å². The van der Waals surface area contributed by atoms with Gasteiger partial charge in [0.1, 0.15) is 0 Å². The molecule has 0 aromatic heterocycles. The Kier molecular flexibility index (Phi) is 4.77. The third kappa shape index (κ3) is 4.60. The van der Waals surface area contributed by atoms with Gasteiger partial charge in [-0.1, -0.05) is 30.3 Å². The van der Waals surface area contributed by atoms with Crippen molar-refractivity contribution < 1.29 is 27.3 Å². The highest BCUT2D eigenvalue weighted by Crippen LogP contribution is 2.23. The summed E-state index contributed by atoms with van der Waals surface area (Å²) in [4.78, 5) is 20.5. The fourth-order valence-corrected chi connectivity index (χ4v) is 3.11. The molecule has 21 heavy (non-hydrogen) atoms. The first-order valence-corrected chi connectivity index (χ1v) is 8.87. The number of hydrogen-bond acceptors (Lipinski definition) is 6. The average molecular weight is 329 g/mol. The van der Waals surface area contributed by atoms with E-state index in [0.29, 0.717) is 0 Å². The summed E-state index contributed by atoms with van der Waals surface area (Å²) in [5, 5.41) is 1.67. The fourth-order valence-electron chi connectivity index (χ4n) is 1.75. The molecule has 0 aliphatic heterocycles. The second kappa shape index (κ2) is 6.23. The quantitative estimate of drug-likeness (QED) is 0.587. The zero-order valence-electron chi connectivity index (χ0n) is 10.8. The number of phosphoric acid groups is 1. The van der Waals surface area contributed by atoms with E-state index in [2.05, 4.69) is 9.25 Å². The Morgan fingerprint density at radius 1 is 1.10 bits per heavy atom. The van der Waals surface area contributed by atoms with Gasteiger partial charge in [-0.05, 0) is 22.9 Å². The summed E-state index contributed by atoms with van der Waals surface area (Å²) in [5.74, 6) is 0. The van der Waals surface area contributed by atoms with Gasteiger partial charge in [-0.2, -0.15) is 0 Å². The maximum absolute atomic E-state index is 12.0. The van der Waals surface area contributed by atoms with E-state index in [4.69, 9.17) is 0 Å². The lowest BCUT2D eigenvalue weighted by Gasteiger charge is -2.28. The SMILES string of the molecule is O=P([O-])([O-])OCCNS(=O)(=O)c1ccc2ccccc2c1. The highest BCUT2D eigenvalue weighted by Gasteiger charge is 2.13. The van der Waals surface area contributed by atoms with Crippen LogP contribution >= 0.6 is 7.82 Å². The first-order chi connectivity index (χ1) is 9.78. The van der Waals surface area contributed by atoms with Crippen LogP contribution in [-0.4, -0.2) is 21.6 Å². The molecule has 0 amide bonds. The van der Waals surface area contributed by atoms with Gasteiger partial charge in [-0.3, -0.25) is 0 Å². The smallest absolute Gasteiger partial charge is 0.240 e. The first kappa shape index (κ1) is 16.1. The van der Waals surface area contributed by atoms with Crippen LogP contribution in [0.25, 0.3) is 10.8 Å². The van der Waals surface area contributed by atoms with Crippen LogP contribution in [0.5, 0.6) is 0 Å². The molecule has 114 valence electrons. The van der Waals surface area contributed by atoms with Gasteiger partial charge in [0.15, 0.2) is 0 Å². The summed E-state index contributed by atoms with van der Waals surface area (Å²) in [6.07, 6.45) is 0. The Morgan fingerprint density at radius 2 is 1.76 bits per heavy atom. The molecular weight excluding hydrogens is 317 g/mol. The average Bonchev–Trinajstić information content (AvgIpc) is 2.42. The van der Waals surface area contributed by atoms with Crippen molar-refractivity contribution in [3.05, 3.63) is 42.5 Å². The second-order valence-corrected chi connectivity index (χ2v) is 7.11. The van der Waals surface area contributed by atoms with Gasteiger partial charge in [0, 0.05) is 6.54 Å². The van der Waals surface area contributed by atoms with Crippen molar-refractivity contribution >= 4 is 28.6 Å². The minimum atomic E-state index is -5.09. The molecule has 0 aliphatic carbocycles. The zero-order chi connectivity index (χ0) is 15.5. The van der Waals surface area contributed by atoms with Crippen molar-refractivity contribution in [2.75, 3.05) is 13.2 Å². The van der Waals surface area contributed by atoms with Crippen LogP contribution in [0.3, 0.4) is 0 Å². The monoisotopic (exact) mass is 329 g/mol. The number of fused-ring (bicyclic) bond motifs is 1. The number of phosphoric ester groups is 1. The highest BCUT2D eigenvalue weighted by molar-refractivity contribution is 7.89. The molecular formula is C12H12NO6PS-2. The molecule has 0 unspecified atom stereocenters. The van der Waals surface area contributed by atoms with Crippen LogP contribution in [0.1, 0.15) is 0 Å². The Bertz CT molecular complexity index is 785. The standard InChI is InChI=1S/C12H14NO6PS/c14-20(15,16)19-8-7-13-21(17,18)12-6-5-10-3-1-2-4-11(10)9-12/h1-6,9,13H,7-8H2,(H2,14,15,16)/p-2. The largest absolute Gasteiger partial charge is 0.790 e. The molecule has 0 atom stereocenters. The fraction of sp³-hybridized carbons (Fsp3) is 0.167. The molecule has 9 heteroatoms. The van der Waals surface area contributed by atoms with Crippen molar-refractivity contribution in [1.82, 2.24) is 4.72 Å². The van der Waals surface area contributed by atoms with E-state index in [1.165, 1.54) is 12.1 Å². The highest BCUT2D eigenvalue weighted by atomic mass is 32.2. The van der Waals surface area contributed by atoms with Crippen molar-refractivity contribution in [1.29, 1.82) is 0 Å². The molecule has 2 aromatic rings. The molecule has 0 fully saturated rings. The molecule has 0 heterocycles. The molecule has 1 N–H and O–H groups in total. The molecule has 2 aromatic carbocycles. The minimum Gasteiger partial charge on any atom is -0.790 e. The van der Waals surface area contributed by atoms with E-state index in [1.807, 2.05) is 12.1 Å². The minimum absolute atomic E-state index is 0.0497. The van der Waals surface area contributed by atoms with Crippen LogP contribution in [0.15, 0.2) is 47.4 Å². The summed E-state index contributed by atoms with van der Waals surface area (Å²) in [7, 11) is -8.88. The van der Waals surface area contributed by atoms with Crippen molar-refractivity contribution in [2.24, 2.45) is 0 Å². The van der Waals surface area contributed by atoms with Crippen molar-refractivity contribution in [3.63, 3.8) is 0 Å². The van der Waals surface area contributed by atoms with Crippen LogP contribution in [0.4, 0.5) is 0 Å². The predicted molar refractivity (Wildman–Crippen MR) is 72.7 cm³/mol. The number of benzene rings is 2. The topological polar surface area (TPSA) is 119 Å². The molecule has 2 rings (SSSR count). The van der Waals surface area contributed by atoms with E-state index in [-0.39, 0.29) is 11.4 Å². The maximum atomic E-state index is 12.0. The summed E-state index contributed by atoms with van der Waals surface area (Å²) in [5.41, 5.74) is 0. The molecule has 7 nitrogen and oxygen atoms in total. The van der Waals surface area contributed by atoms with Gasteiger partial charge in [-0.25, -0.2) is 13.1 Å². The molecule has 0 spiro atoms. The third-order valence-corrected chi connectivity index (χ3v) is 4.63. The molecule has 0 radical (unpaired) electrons. The number of nitrogens with one attached hydrogen (secondary N) is 1. The van der Waals surface area contributed by atoms with E-state index in [1.54, 1.807) is 18.2 Å².